The van der Waals surface area contributed by atoms with E-state index in [-0.39, 0.29) is 5.91 Å². The third-order valence-corrected chi connectivity index (χ3v) is 4.59. The van der Waals surface area contributed by atoms with Gasteiger partial charge in [0.05, 0.1) is 22.9 Å². The van der Waals surface area contributed by atoms with Crippen LogP contribution in [0.5, 0.6) is 5.75 Å². The number of likely N-dealkylation sites (N-methyl/N-ethyl adjacent to an activating group) is 1. The molecule has 0 aliphatic heterocycles. The Balaban J connectivity index is 1.66. The highest BCUT2D eigenvalue weighted by molar-refractivity contribution is 7.07. The summed E-state index contributed by atoms with van der Waals surface area (Å²) in [6.45, 7) is 0.687. The minimum Gasteiger partial charge on any atom is -0.486 e. The van der Waals surface area contributed by atoms with Crippen molar-refractivity contribution in [3.63, 3.8) is 0 Å². The number of para-hydroxylation sites is 1. The van der Waals surface area contributed by atoms with Crippen molar-refractivity contribution in [1.29, 1.82) is 0 Å². The molecule has 23 heavy (non-hydrogen) atoms. The molecule has 0 spiro atoms. The lowest BCUT2D eigenvalue weighted by atomic mass is 10.1. The van der Waals surface area contributed by atoms with Crippen LogP contribution in [-0.2, 0) is 6.61 Å². The second-order valence-electron chi connectivity index (χ2n) is 5.86. The fraction of sp³-hybridized carbons (Fsp3) is 0.412. The van der Waals surface area contributed by atoms with Crippen molar-refractivity contribution in [2.24, 2.45) is 5.92 Å². The molecule has 1 amide bonds. The Morgan fingerprint density at radius 1 is 1.48 bits per heavy atom. The largest absolute Gasteiger partial charge is 0.486 e. The summed E-state index contributed by atoms with van der Waals surface area (Å²) in [5.74, 6) is 0.748. The Labute approximate surface area is 139 Å². The summed E-state index contributed by atoms with van der Waals surface area (Å²) in [4.78, 5) is 18.4. The zero-order chi connectivity index (χ0) is 16.2. The van der Waals surface area contributed by atoms with Gasteiger partial charge in [0.15, 0.2) is 0 Å². The standard InChI is InChI=1S/C17H20N2O3S/c1-19(8-15(20)12-6-7-12)17(21)14-4-2-3-5-16(14)22-9-13-10-23-11-18-13/h2-5,10-12,15,20H,6-9H2,1H3. The van der Waals surface area contributed by atoms with E-state index in [1.165, 1.54) is 11.3 Å². The lowest BCUT2D eigenvalue weighted by molar-refractivity contribution is 0.0641. The smallest absolute Gasteiger partial charge is 0.257 e. The van der Waals surface area contributed by atoms with E-state index in [4.69, 9.17) is 4.74 Å². The lowest BCUT2D eigenvalue weighted by Gasteiger charge is -2.22. The van der Waals surface area contributed by atoms with Gasteiger partial charge in [0.1, 0.15) is 12.4 Å². The highest BCUT2D eigenvalue weighted by Gasteiger charge is 2.31. The molecule has 1 fully saturated rings. The van der Waals surface area contributed by atoms with Gasteiger partial charge in [0.2, 0.25) is 0 Å². The number of aromatic nitrogens is 1. The lowest BCUT2D eigenvalue weighted by Crippen LogP contribution is -2.35. The molecule has 2 aromatic rings. The van der Waals surface area contributed by atoms with E-state index in [9.17, 15) is 9.90 Å². The van der Waals surface area contributed by atoms with Crippen molar-refractivity contribution in [1.82, 2.24) is 9.88 Å². The Bertz CT molecular complexity index is 656. The number of aliphatic hydroxyl groups is 1. The van der Waals surface area contributed by atoms with Gasteiger partial charge in [0.25, 0.3) is 5.91 Å². The predicted molar refractivity (Wildman–Crippen MR) is 88.6 cm³/mol. The maximum absolute atomic E-state index is 12.6. The molecule has 6 heteroatoms. The molecule has 1 N–H and O–H groups in total. The van der Waals surface area contributed by atoms with Crippen molar-refractivity contribution < 1.29 is 14.6 Å². The van der Waals surface area contributed by atoms with E-state index in [0.29, 0.717) is 30.4 Å². The monoisotopic (exact) mass is 332 g/mol. The molecule has 1 aromatic heterocycles. The molecule has 122 valence electrons. The van der Waals surface area contributed by atoms with Crippen LogP contribution in [0.4, 0.5) is 0 Å². The fourth-order valence-corrected chi connectivity index (χ4v) is 2.97. The summed E-state index contributed by atoms with van der Waals surface area (Å²) in [5, 5.41) is 11.9. The van der Waals surface area contributed by atoms with Gasteiger partial charge in [-0.3, -0.25) is 4.79 Å². The Morgan fingerprint density at radius 3 is 2.96 bits per heavy atom. The first kappa shape index (κ1) is 16.0. The molecule has 1 aliphatic carbocycles. The summed E-state index contributed by atoms with van der Waals surface area (Å²) in [5.41, 5.74) is 3.10. The van der Waals surface area contributed by atoms with Crippen LogP contribution in [0.1, 0.15) is 28.9 Å². The number of thiazole rings is 1. The van der Waals surface area contributed by atoms with E-state index in [0.717, 1.165) is 18.5 Å². The molecular formula is C17H20N2O3S. The molecule has 1 aliphatic rings. The molecule has 1 heterocycles. The van der Waals surface area contributed by atoms with Crippen LogP contribution >= 0.6 is 11.3 Å². The predicted octanol–water partition coefficient (Wildman–Crippen LogP) is 2.57. The summed E-state index contributed by atoms with van der Waals surface area (Å²) in [6.07, 6.45) is 1.67. The zero-order valence-electron chi connectivity index (χ0n) is 13.0. The van der Waals surface area contributed by atoms with Crippen LogP contribution in [-0.4, -0.2) is 40.6 Å². The first-order valence-electron chi connectivity index (χ1n) is 7.67. The topological polar surface area (TPSA) is 62.7 Å². The molecule has 0 saturated heterocycles. The van der Waals surface area contributed by atoms with Crippen molar-refractivity contribution >= 4 is 17.2 Å². The number of carbonyl (C=O) groups excluding carboxylic acids is 1. The number of carbonyl (C=O) groups is 1. The number of rotatable bonds is 7. The summed E-state index contributed by atoms with van der Waals surface area (Å²) in [7, 11) is 1.71. The second kappa shape index (κ2) is 7.10. The Morgan fingerprint density at radius 2 is 2.26 bits per heavy atom. The van der Waals surface area contributed by atoms with Crippen molar-refractivity contribution in [3.05, 3.63) is 46.4 Å². The van der Waals surface area contributed by atoms with Crippen LogP contribution in [0.2, 0.25) is 0 Å². The van der Waals surface area contributed by atoms with E-state index in [2.05, 4.69) is 4.98 Å². The van der Waals surface area contributed by atoms with E-state index < -0.39 is 6.10 Å². The van der Waals surface area contributed by atoms with Crippen LogP contribution in [0, 0.1) is 5.92 Å². The highest BCUT2D eigenvalue weighted by atomic mass is 32.1. The van der Waals surface area contributed by atoms with Crippen molar-refractivity contribution in [2.45, 2.75) is 25.6 Å². The zero-order valence-corrected chi connectivity index (χ0v) is 13.8. The number of hydrogen-bond donors (Lipinski definition) is 1. The van der Waals surface area contributed by atoms with Gasteiger partial charge < -0.3 is 14.7 Å². The van der Waals surface area contributed by atoms with Gasteiger partial charge in [-0.2, -0.15) is 0 Å². The fourth-order valence-electron chi connectivity index (χ4n) is 2.43. The number of amides is 1. The molecule has 0 bridgehead atoms. The van der Waals surface area contributed by atoms with Gasteiger partial charge in [-0.1, -0.05) is 12.1 Å². The number of hydrogen-bond acceptors (Lipinski definition) is 5. The highest BCUT2D eigenvalue weighted by Crippen LogP contribution is 2.33. The average molecular weight is 332 g/mol. The first-order valence-corrected chi connectivity index (χ1v) is 8.62. The molecule has 0 radical (unpaired) electrons. The van der Waals surface area contributed by atoms with Crippen LogP contribution < -0.4 is 4.74 Å². The van der Waals surface area contributed by atoms with Gasteiger partial charge in [-0.05, 0) is 30.9 Å². The summed E-state index contributed by atoms with van der Waals surface area (Å²) in [6, 6.07) is 7.18. The maximum Gasteiger partial charge on any atom is 0.257 e. The third kappa shape index (κ3) is 4.09. The molecule has 1 saturated carbocycles. The third-order valence-electron chi connectivity index (χ3n) is 3.95. The van der Waals surface area contributed by atoms with Gasteiger partial charge in [-0.15, -0.1) is 11.3 Å². The minimum atomic E-state index is -0.438. The summed E-state index contributed by atoms with van der Waals surface area (Å²) >= 11 is 1.51. The van der Waals surface area contributed by atoms with Gasteiger partial charge >= 0.3 is 0 Å². The maximum atomic E-state index is 12.6. The minimum absolute atomic E-state index is 0.140. The number of benzene rings is 1. The van der Waals surface area contributed by atoms with Gasteiger partial charge in [0, 0.05) is 19.0 Å². The van der Waals surface area contributed by atoms with Crippen molar-refractivity contribution in [2.75, 3.05) is 13.6 Å². The number of nitrogens with zero attached hydrogens (tertiary/aromatic N) is 2. The average Bonchev–Trinajstić information content (AvgIpc) is 3.29. The molecule has 1 aromatic carbocycles. The number of ether oxygens (including phenoxy) is 1. The SMILES string of the molecule is CN(CC(O)C1CC1)C(=O)c1ccccc1OCc1cscn1. The van der Waals surface area contributed by atoms with Crippen LogP contribution in [0.25, 0.3) is 0 Å². The molecule has 5 nitrogen and oxygen atoms in total. The normalized spacial score (nSPS) is 15.2. The first-order chi connectivity index (χ1) is 11.1. The van der Waals surface area contributed by atoms with Crippen LogP contribution in [0.15, 0.2) is 35.2 Å². The van der Waals surface area contributed by atoms with E-state index in [1.807, 2.05) is 17.5 Å². The van der Waals surface area contributed by atoms with E-state index in [1.54, 1.807) is 29.6 Å². The van der Waals surface area contributed by atoms with E-state index >= 15 is 0 Å². The van der Waals surface area contributed by atoms with Crippen LogP contribution in [0.3, 0.4) is 0 Å². The molecule has 1 atom stereocenters. The Hall–Kier alpha value is -1.92. The quantitative estimate of drug-likeness (QED) is 0.846. The summed E-state index contributed by atoms with van der Waals surface area (Å²) < 4.78 is 5.75. The Kier molecular flexibility index (Phi) is 4.93. The molecule has 1 unspecified atom stereocenters. The van der Waals surface area contributed by atoms with Crippen molar-refractivity contribution in [3.8, 4) is 5.75 Å². The molecule has 3 rings (SSSR count). The van der Waals surface area contributed by atoms with Gasteiger partial charge in [-0.25, -0.2) is 4.98 Å². The molecular weight excluding hydrogens is 312 g/mol. The second-order valence-corrected chi connectivity index (χ2v) is 6.57. The number of aliphatic hydroxyl groups excluding tert-OH is 1.